The summed E-state index contributed by atoms with van der Waals surface area (Å²) in [5.41, 5.74) is 4.79. The van der Waals surface area contributed by atoms with Crippen LogP contribution < -0.4 is 4.90 Å². The van der Waals surface area contributed by atoms with Crippen LogP contribution in [0.5, 0.6) is 0 Å². The summed E-state index contributed by atoms with van der Waals surface area (Å²) in [5, 5.41) is 9.15. The van der Waals surface area contributed by atoms with Crippen LogP contribution in [-0.2, 0) is 0 Å². The van der Waals surface area contributed by atoms with Gasteiger partial charge < -0.3 is 4.90 Å². The van der Waals surface area contributed by atoms with E-state index >= 15 is 0 Å². The molecule has 0 radical (unpaired) electrons. The van der Waals surface area contributed by atoms with Gasteiger partial charge in [0.05, 0.1) is 17.9 Å². The number of hydrogen-bond donors (Lipinski definition) is 0. The molecule has 1 atom stereocenters. The highest BCUT2D eigenvalue weighted by Crippen LogP contribution is 2.37. The second-order valence-corrected chi connectivity index (χ2v) is 8.54. The van der Waals surface area contributed by atoms with E-state index in [9.17, 15) is 8.78 Å². The van der Waals surface area contributed by atoms with Gasteiger partial charge in [-0.1, -0.05) is 30.3 Å². The van der Waals surface area contributed by atoms with Gasteiger partial charge in [-0.2, -0.15) is 10.2 Å². The first-order valence-electron chi connectivity index (χ1n) is 11.3. The summed E-state index contributed by atoms with van der Waals surface area (Å²) in [7, 11) is 0. The number of rotatable bonds is 4. The van der Waals surface area contributed by atoms with E-state index < -0.39 is 11.6 Å². The second-order valence-electron chi connectivity index (χ2n) is 8.54. The van der Waals surface area contributed by atoms with Crippen LogP contribution in [0.3, 0.4) is 0 Å². The van der Waals surface area contributed by atoms with Crippen LogP contribution in [0, 0.1) is 18.6 Å². The Hall–Kier alpha value is -4.07. The Morgan fingerprint density at radius 2 is 1.88 bits per heavy atom. The Balaban J connectivity index is 1.40. The summed E-state index contributed by atoms with van der Waals surface area (Å²) in [6.45, 7) is 2.69. The van der Waals surface area contributed by atoms with E-state index in [0.717, 1.165) is 41.4 Å². The quantitative estimate of drug-likeness (QED) is 0.358. The molecule has 0 bridgehead atoms. The van der Waals surface area contributed by atoms with Gasteiger partial charge >= 0.3 is 0 Å². The van der Waals surface area contributed by atoms with Crippen LogP contribution in [0.25, 0.3) is 22.5 Å². The number of aryl methyl sites for hydroxylation is 1. The number of nitrogens with zero attached hydrogens (tertiary/aromatic N) is 6. The monoisotopic (exact) mass is 456 g/mol. The van der Waals surface area contributed by atoms with Gasteiger partial charge in [0, 0.05) is 30.1 Å². The summed E-state index contributed by atoms with van der Waals surface area (Å²) in [4.78, 5) is 6.92. The Kier molecular flexibility index (Phi) is 4.86. The van der Waals surface area contributed by atoms with Crippen molar-refractivity contribution >= 4 is 11.5 Å². The first-order chi connectivity index (χ1) is 16.6. The minimum absolute atomic E-state index is 0.270. The molecule has 3 aromatic heterocycles. The average Bonchev–Trinajstić information content (AvgIpc) is 3.58. The van der Waals surface area contributed by atoms with Gasteiger partial charge in [0.1, 0.15) is 23.1 Å². The van der Waals surface area contributed by atoms with Crippen LogP contribution in [0.4, 0.5) is 14.6 Å². The fourth-order valence-corrected chi connectivity index (χ4v) is 4.79. The van der Waals surface area contributed by atoms with Gasteiger partial charge in [-0.15, -0.1) is 0 Å². The largest absolute Gasteiger partial charge is 0.349 e. The second kappa shape index (κ2) is 8.06. The fraction of sp³-hybridized carbons (Fsp3) is 0.192. The summed E-state index contributed by atoms with van der Waals surface area (Å²) in [6, 6.07) is 15.3. The number of anilines is 1. The zero-order valence-electron chi connectivity index (χ0n) is 18.6. The number of halogens is 2. The molecule has 6 nitrogen and oxygen atoms in total. The third-order valence-corrected chi connectivity index (χ3v) is 6.43. The van der Waals surface area contributed by atoms with E-state index in [4.69, 9.17) is 10.1 Å². The lowest BCUT2D eigenvalue weighted by Gasteiger charge is -2.26. The molecule has 4 heterocycles. The van der Waals surface area contributed by atoms with E-state index in [1.807, 2.05) is 48.5 Å². The predicted octanol–water partition coefficient (Wildman–Crippen LogP) is 5.51. The maximum atomic E-state index is 14.5. The van der Waals surface area contributed by atoms with Crippen LogP contribution in [-0.4, -0.2) is 30.9 Å². The Labute approximate surface area is 195 Å². The summed E-state index contributed by atoms with van der Waals surface area (Å²) >= 11 is 0. The van der Waals surface area contributed by atoms with E-state index in [1.54, 1.807) is 15.4 Å². The average molecular weight is 457 g/mol. The van der Waals surface area contributed by atoms with Gasteiger partial charge in [-0.05, 0) is 49.6 Å². The molecule has 6 rings (SSSR count). The zero-order valence-corrected chi connectivity index (χ0v) is 18.6. The predicted molar refractivity (Wildman–Crippen MR) is 126 cm³/mol. The topological polar surface area (TPSA) is 51.3 Å². The van der Waals surface area contributed by atoms with Crippen molar-refractivity contribution in [1.29, 1.82) is 0 Å². The molecule has 0 N–H and O–H groups in total. The molecular formula is C26H22F2N6. The molecule has 1 aliphatic heterocycles. The standard InChI is InChI=1S/C26H22F2N6/c1-17-21(18-6-3-2-4-7-18)16-34(31-17)24-15-29-33-13-11-25(30-26(24)33)32-12-5-8-23(32)20-14-19(27)9-10-22(20)28/h2-4,6-7,9-11,13-16,23H,5,8,12H2,1H3. The van der Waals surface area contributed by atoms with Crippen LogP contribution >= 0.6 is 0 Å². The van der Waals surface area contributed by atoms with E-state index in [-0.39, 0.29) is 6.04 Å². The van der Waals surface area contributed by atoms with E-state index in [2.05, 4.69) is 17.2 Å². The highest BCUT2D eigenvalue weighted by molar-refractivity contribution is 5.67. The molecule has 0 amide bonds. The maximum Gasteiger partial charge on any atom is 0.183 e. The Morgan fingerprint density at radius 3 is 2.74 bits per heavy atom. The lowest BCUT2D eigenvalue weighted by Crippen LogP contribution is -2.24. The third-order valence-electron chi connectivity index (χ3n) is 6.43. The van der Waals surface area contributed by atoms with Gasteiger partial charge in [-0.25, -0.2) is 23.0 Å². The van der Waals surface area contributed by atoms with Crippen LogP contribution in [0.15, 0.2) is 73.2 Å². The normalized spacial score (nSPS) is 16.0. The molecule has 8 heteroatoms. The number of hydrogen-bond acceptors (Lipinski definition) is 4. The van der Waals surface area contributed by atoms with Crippen molar-refractivity contribution in [3.63, 3.8) is 0 Å². The molecule has 170 valence electrons. The molecule has 34 heavy (non-hydrogen) atoms. The van der Waals surface area contributed by atoms with Crippen molar-refractivity contribution in [2.45, 2.75) is 25.8 Å². The zero-order chi connectivity index (χ0) is 23.2. The van der Waals surface area contributed by atoms with E-state index in [1.165, 1.54) is 12.1 Å². The van der Waals surface area contributed by atoms with Crippen molar-refractivity contribution in [2.75, 3.05) is 11.4 Å². The smallest absolute Gasteiger partial charge is 0.183 e. The molecule has 1 saturated heterocycles. The molecule has 1 unspecified atom stereocenters. The third kappa shape index (κ3) is 3.42. The molecule has 0 spiro atoms. The highest BCUT2D eigenvalue weighted by Gasteiger charge is 2.30. The number of benzene rings is 2. The van der Waals surface area contributed by atoms with E-state index in [0.29, 0.717) is 23.6 Å². The lowest BCUT2D eigenvalue weighted by molar-refractivity contribution is 0.560. The maximum absolute atomic E-state index is 14.5. The molecule has 0 saturated carbocycles. The van der Waals surface area contributed by atoms with Gasteiger partial charge in [0.15, 0.2) is 5.65 Å². The first-order valence-corrected chi connectivity index (χ1v) is 11.3. The summed E-state index contributed by atoms with van der Waals surface area (Å²) < 4.78 is 31.9. The molecular weight excluding hydrogens is 434 g/mol. The van der Waals surface area contributed by atoms with Gasteiger partial charge in [0.25, 0.3) is 0 Å². The van der Waals surface area contributed by atoms with Crippen molar-refractivity contribution in [3.8, 4) is 16.8 Å². The van der Waals surface area contributed by atoms with Gasteiger partial charge in [0.2, 0.25) is 0 Å². The van der Waals surface area contributed by atoms with Crippen LogP contribution in [0.2, 0.25) is 0 Å². The molecule has 1 aliphatic rings. The lowest BCUT2D eigenvalue weighted by atomic mass is 10.0. The highest BCUT2D eigenvalue weighted by atomic mass is 19.1. The fourth-order valence-electron chi connectivity index (χ4n) is 4.79. The molecule has 0 aliphatic carbocycles. The van der Waals surface area contributed by atoms with Crippen LogP contribution in [0.1, 0.15) is 30.1 Å². The summed E-state index contributed by atoms with van der Waals surface area (Å²) in [5.74, 6) is -0.134. The minimum atomic E-state index is -0.437. The van der Waals surface area contributed by atoms with Crippen molar-refractivity contribution in [2.24, 2.45) is 0 Å². The molecule has 5 aromatic rings. The van der Waals surface area contributed by atoms with Crippen molar-refractivity contribution in [3.05, 3.63) is 96.1 Å². The SMILES string of the molecule is Cc1nn(-c2cnn3ccc(N4CCCC4c4cc(F)ccc4F)nc23)cc1-c1ccccc1. The molecule has 2 aromatic carbocycles. The first kappa shape index (κ1) is 20.5. The summed E-state index contributed by atoms with van der Waals surface area (Å²) in [6.07, 6.45) is 7.17. The van der Waals surface area contributed by atoms with Gasteiger partial charge in [-0.3, -0.25) is 0 Å². The Morgan fingerprint density at radius 1 is 1.03 bits per heavy atom. The Bertz CT molecular complexity index is 1490. The number of fused-ring (bicyclic) bond motifs is 1. The molecule has 1 fully saturated rings. The van der Waals surface area contributed by atoms with Crippen molar-refractivity contribution in [1.82, 2.24) is 24.4 Å². The minimum Gasteiger partial charge on any atom is -0.349 e. The number of aromatic nitrogens is 5. The van der Waals surface area contributed by atoms with Crippen molar-refractivity contribution < 1.29 is 8.78 Å².